The molecule has 0 saturated carbocycles. The van der Waals surface area contributed by atoms with Gasteiger partial charge in [-0.05, 0) is 31.2 Å². The van der Waals surface area contributed by atoms with Crippen LogP contribution in [0.15, 0.2) is 58.5 Å². The molecule has 1 aromatic heterocycles. The van der Waals surface area contributed by atoms with Crippen molar-refractivity contribution in [3.05, 3.63) is 58.9 Å². The van der Waals surface area contributed by atoms with E-state index in [0.717, 1.165) is 0 Å². The van der Waals surface area contributed by atoms with E-state index in [1.54, 1.807) is 37.4 Å². The average molecular weight is 340 g/mol. The fourth-order valence-electron chi connectivity index (χ4n) is 2.40. The normalized spacial score (nSPS) is 10.8. The molecule has 5 nitrogen and oxygen atoms in total. The first-order valence-electron chi connectivity index (χ1n) is 7.39. The average Bonchev–Trinajstić information content (AvgIpc) is 2.60. The van der Waals surface area contributed by atoms with E-state index in [-0.39, 0.29) is 17.1 Å². The Morgan fingerprint density at radius 1 is 1.17 bits per heavy atom. The van der Waals surface area contributed by atoms with Gasteiger partial charge in [0.05, 0.1) is 29.5 Å². The topological polar surface area (TPSA) is 61.2 Å². The van der Waals surface area contributed by atoms with Crippen LogP contribution < -0.4 is 10.3 Å². The third kappa shape index (κ3) is 3.05. The summed E-state index contributed by atoms with van der Waals surface area (Å²) < 4.78 is 6.89. The van der Waals surface area contributed by atoms with E-state index in [1.165, 1.54) is 23.3 Å². The molecule has 0 amide bonds. The fourth-order valence-corrected chi connectivity index (χ4v) is 3.21. The maximum Gasteiger partial charge on any atom is 0.266 e. The van der Waals surface area contributed by atoms with E-state index in [0.29, 0.717) is 27.5 Å². The molecular formula is C18H16N2O3S. The summed E-state index contributed by atoms with van der Waals surface area (Å²) in [6.07, 6.45) is 0. The minimum absolute atomic E-state index is 0.0222. The predicted octanol–water partition coefficient (Wildman–Crippen LogP) is 3.08. The highest BCUT2D eigenvalue weighted by Gasteiger charge is 2.16. The van der Waals surface area contributed by atoms with E-state index < -0.39 is 0 Å². The van der Waals surface area contributed by atoms with Crippen LogP contribution in [0.5, 0.6) is 5.75 Å². The lowest BCUT2D eigenvalue weighted by Gasteiger charge is -2.15. The molecular weight excluding hydrogens is 324 g/mol. The number of fused-ring (bicyclic) bond motifs is 1. The zero-order chi connectivity index (χ0) is 17.1. The molecule has 24 heavy (non-hydrogen) atoms. The number of carbonyl (C=O) groups excluding carboxylic acids is 1. The van der Waals surface area contributed by atoms with Gasteiger partial charge in [0, 0.05) is 0 Å². The molecule has 0 aliphatic carbocycles. The molecule has 3 aromatic rings. The standard InChI is InChI=1S/C18H16N2O3S/c1-12(21)11-24-18-19-14-8-4-3-7-13(14)17(22)20(18)15-9-5-6-10-16(15)23-2/h3-10H,11H2,1-2H3. The van der Waals surface area contributed by atoms with E-state index >= 15 is 0 Å². The van der Waals surface area contributed by atoms with Crippen LogP contribution in [0, 0.1) is 0 Å². The smallest absolute Gasteiger partial charge is 0.266 e. The Hall–Kier alpha value is -2.60. The number of hydrogen-bond acceptors (Lipinski definition) is 5. The van der Waals surface area contributed by atoms with Crippen LogP contribution in [0.4, 0.5) is 0 Å². The molecule has 0 saturated heterocycles. The molecule has 0 bridgehead atoms. The number of carbonyl (C=O) groups is 1. The second-order valence-electron chi connectivity index (χ2n) is 5.21. The summed E-state index contributed by atoms with van der Waals surface area (Å²) in [4.78, 5) is 29.0. The number of para-hydroxylation sites is 3. The number of Topliss-reactive ketones (excluding diaryl/α,β-unsaturated/α-hetero) is 1. The fraction of sp³-hybridized carbons (Fsp3) is 0.167. The maximum absolute atomic E-state index is 13.0. The summed E-state index contributed by atoms with van der Waals surface area (Å²) in [6, 6.07) is 14.4. The van der Waals surface area contributed by atoms with Crippen LogP contribution in [-0.2, 0) is 4.79 Å². The summed E-state index contributed by atoms with van der Waals surface area (Å²) in [5.74, 6) is 0.843. The van der Waals surface area contributed by atoms with Crippen LogP contribution in [0.25, 0.3) is 16.6 Å². The zero-order valence-corrected chi connectivity index (χ0v) is 14.2. The molecule has 6 heteroatoms. The number of ether oxygens (including phenoxy) is 1. The molecule has 0 atom stereocenters. The lowest BCUT2D eigenvalue weighted by molar-refractivity contribution is -0.114. The molecule has 0 fully saturated rings. The summed E-state index contributed by atoms with van der Waals surface area (Å²) in [6.45, 7) is 1.51. The first-order valence-corrected chi connectivity index (χ1v) is 8.38. The van der Waals surface area contributed by atoms with Crippen molar-refractivity contribution in [3.63, 3.8) is 0 Å². The molecule has 0 unspecified atom stereocenters. The Balaban J connectivity index is 2.31. The van der Waals surface area contributed by atoms with E-state index in [2.05, 4.69) is 4.98 Å². The number of ketones is 1. The Morgan fingerprint density at radius 3 is 2.62 bits per heavy atom. The van der Waals surface area contributed by atoms with Gasteiger partial charge in [-0.2, -0.15) is 0 Å². The monoisotopic (exact) mass is 340 g/mol. The highest BCUT2D eigenvalue weighted by molar-refractivity contribution is 7.99. The third-order valence-corrected chi connectivity index (χ3v) is 4.56. The highest BCUT2D eigenvalue weighted by atomic mass is 32.2. The SMILES string of the molecule is COc1ccccc1-n1c(SCC(C)=O)nc2ccccc2c1=O. The van der Waals surface area contributed by atoms with Crippen molar-refractivity contribution in [3.8, 4) is 11.4 Å². The minimum atomic E-state index is -0.184. The van der Waals surface area contributed by atoms with Gasteiger partial charge in [0.25, 0.3) is 5.56 Å². The van der Waals surface area contributed by atoms with Crippen LogP contribution in [0.2, 0.25) is 0 Å². The van der Waals surface area contributed by atoms with E-state index in [9.17, 15) is 9.59 Å². The Morgan fingerprint density at radius 2 is 1.88 bits per heavy atom. The molecule has 2 aromatic carbocycles. The van der Waals surface area contributed by atoms with Gasteiger partial charge >= 0.3 is 0 Å². The third-order valence-electron chi connectivity index (χ3n) is 3.48. The number of nitrogens with zero attached hydrogens (tertiary/aromatic N) is 2. The number of thioether (sulfide) groups is 1. The van der Waals surface area contributed by atoms with Crippen molar-refractivity contribution in [1.29, 1.82) is 0 Å². The van der Waals surface area contributed by atoms with Crippen molar-refractivity contribution in [2.24, 2.45) is 0 Å². The van der Waals surface area contributed by atoms with Gasteiger partial charge in [-0.3, -0.25) is 14.2 Å². The highest BCUT2D eigenvalue weighted by Crippen LogP contribution is 2.26. The van der Waals surface area contributed by atoms with Crippen molar-refractivity contribution in [1.82, 2.24) is 9.55 Å². The number of methoxy groups -OCH3 is 1. The molecule has 0 N–H and O–H groups in total. The lowest BCUT2D eigenvalue weighted by Crippen LogP contribution is -2.22. The molecule has 1 heterocycles. The Labute approximate surface area is 143 Å². The number of aromatic nitrogens is 2. The van der Waals surface area contributed by atoms with Crippen molar-refractivity contribution < 1.29 is 9.53 Å². The van der Waals surface area contributed by atoms with Crippen LogP contribution >= 0.6 is 11.8 Å². The first kappa shape index (κ1) is 16.3. The van der Waals surface area contributed by atoms with Crippen molar-refractivity contribution in [2.75, 3.05) is 12.9 Å². The second-order valence-corrected chi connectivity index (χ2v) is 6.16. The van der Waals surface area contributed by atoms with E-state index in [4.69, 9.17) is 4.74 Å². The van der Waals surface area contributed by atoms with Gasteiger partial charge in [0.2, 0.25) is 0 Å². The first-order chi connectivity index (χ1) is 11.6. The molecule has 0 aliphatic heterocycles. The Kier molecular flexibility index (Phi) is 4.66. The van der Waals surface area contributed by atoms with Gasteiger partial charge in [-0.1, -0.05) is 36.0 Å². The summed E-state index contributed by atoms with van der Waals surface area (Å²) in [5, 5.41) is 0.994. The van der Waals surface area contributed by atoms with Gasteiger partial charge in [-0.15, -0.1) is 0 Å². The summed E-state index contributed by atoms with van der Waals surface area (Å²) in [5.41, 5.74) is 1.03. The predicted molar refractivity (Wildman–Crippen MR) is 95.3 cm³/mol. The van der Waals surface area contributed by atoms with Gasteiger partial charge in [-0.25, -0.2) is 4.98 Å². The van der Waals surface area contributed by atoms with Gasteiger partial charge in [0.15, 0.2) is 5.16 Å². The molecule has 0 spiro atoms. The van der Waals surface area contributed by atoms with Crippen molar-refractivity contribution >= 4 is 28.4 Å². The summed E-state index contributed by atoms with van der Waals surface area (Å²) >= 11 is 1.24. The molecule has 3 rings (SSSR count). The molecule has 0 radical (unpaired) electrons. The second kappa shape index (κ2) is 6.88. The van der Waals surface area contributed by atoms with Crippen LogP contribution in [0.3, 0.4) is 0 Å². The van der Waals surface area contributed by atoms with Crippen LogP contribution in [-0.4, -0.2) is 28.2 Å². The minimum Gasteiger partial charge on any atom is -0.495 e. The Bertz CT molecular complexity index is 966. The largest absolute Gasteiger partial charge is 0.495 e. The number of benzene rings is 2. The number of hydrogen-bond donors (Lipinski definition) is 0. The lowest BCUT2D eigenvalue weighted by atomic mass is 10.2. The van der Waals surface area contributed by atoms with E-state index in [1.807, 2.05) is 18.2 Å². The zero-order valence-electron chi connectivity index (χ0n) is 13.4. The number of rotatable bonds is 5. The molecule has 122 valence electrons. The quantitative estimate of drug-likeness (QED) is 0.528. The van der Waals surface area contributed by atoms with Gasteiger partial charge < -0.3 is 4.74 Å². The maximum atomic E-state index is 13.0. The summed E-state index contributed by atoms with van der Waals surface area (Å²) in [7, 11) is 1.56. The molecule has 0 aliphatic rings. The van der Waals surface area contributed by atoms with Crippen molar-refractivity contribution in [2.45, 2.75) is 12.1 Å². The van der Waals surface area contributed by atoms with Gasteiger partial charge in [0.1, 0.15) is 11.5 Å². The van der Waals surface area contributed by atoms with Crippen LogP contribution in [0.1, 0.15) is 6.92 Å².